The molecule has 6 amide bonds. The van der Waals surface area contributed by atoms with Crippen LogP contribution in [0.15, 0.2) is 69.5 Å². The van der Waals surface area contributed by atoms with Gasteiger partial charge in [-0.3, -0.25) is 14.5 Å². The number of urea groups is 2. The molecule has 5 heterocycles. The molecule has 0 aliphatic carbocycles. The smallest absolute Gasteiger partial charge is 0.352 e. The first-order valence-corrected chi connectivity index (χ1v) is 16.6. The first-order chi connectivity index (χ1) is 21.7. The van der Waals surface area contributed by atoms with Crippen molar-refractivity contribution in [3.05, 3.63) is 69.9 Å². The van der Waals surface area contributed by atoms with E-state index < -0.39 is 47.3 Å². The van der Waals surface area contributed by atoms with E-state index in [2.05, 4.69) is 20.6 Å². The molecule has 45 heavy (non-hydrogen) atoms. The van der Waals surface area contributed by atoms with Crippen LogP contribution >= 0.6 is 35.5 Å². The lowest BCUT2D eigenvalue weighted by molar-refractivity contribution is -0.151. The molecule has 18 heteroatoms. The number of carbonyl (C=O) groups excluding carboxylic acids is 4. The van der Waals surface area contributed by atoms with E-state index in [1.54, 1.807) is 41.4 Å². The van der Waals surface area contributed by atoms with Gasteiger partial charge >= 0.3 is 18.0 Å². The normalized spacial score (nSPS) is 23.8. The molecule has 0 saturated carbocycles. The molecule has 15 nitrogen and oxygen atoms in total. The summed E-state index contributed by atoms with van der Waals surface area (Å²) in [4.78, 5) is 71.2. The number of carboxylic acids is 1. The molecule has 6 rings (SSSR count). The summed E-state index contributed by atoms with van der Waals surface area (Å²) in [5.41, 5.74) is 1.26. The minimum Gasteiger partial charge on any atom is -0.495 e. The van der Waals surface area contributed by atoms with Gasteiger partial charge in [-0.15, -0.1) is 23.5 Å². The van der Waals surface area contributed by atoms with Crippen LogP contribution in [0.3, 0.4) is 0 Å². The third-order valence-corrected chi connectivity index (χ3v) is 10.8. The minimum absolute atomic E-state index is 0.0575. The largest absolute Gasteiger partial charge is 0.495 e. The second-order valence-electron chi connectivity index (χ2n) is 10.2. The van der Waals surface area contributed by atoms with Gasteiger partial charge in [-0.25, -0.2) is 19.3 Å². The molecule has 0 radical (unpaired) electrons. The molecule has 1 aromatic rings. The number of carboxylic acid groups (broad SMARTS) is 1. The Morgan fingerprint density at radius 3 is 2.71 bits per heavy atom. The zero-order valence-electron chi connectivity index (χ0n) is 23.7. The van der Waals surface area contributed by atoms with Gasteiger partial charge in [0.05, 0.1) is 10.5 Å². The monoisotopic (exact) mass is 672 g/mol. The molecule has 4 N–H and O–H groups in total. The van der Waals surface area contributed by atoms with E-state index in [-0.39, 0.29) is 25.4 Å². The van der Waals surface area contributed by atoms with Crippen molar-refractivity contribution in [2.45, 2.75) is 17.5 Å². The van der Waals surface area contributed by atoms with Crippen LogP contribution in [0.25, 0.3) is 0 Å². The zero-order valence-corrected chi connectivity index (χ0v) is 26.2. The highest BCUT2D eigenvalue weighted by Crippen LogP contribution is 2.43. The maximum atomic E-state index is 14.1. The van der Waals surface area contributed by atoms with Crippen molar-refractivity contribution >= 4 is 71.0 Å². The average Bonchev–Trinajstić information content (AvgIpc) is 3.81. The lowest BCUT2D eigenvalue weighted by atomic mass is 10.0. The van der Waals surface area contributed by atoms with Gasteiger partial charge in [-0.2, -0.15) is 14.9 Å². The zero-order chi connectivity index (χ0) is 31.7. The van der Waals surface area contributed by atoms with E-state index in [0.717, 1.165) is 14.1 Å². The first kappa shape index (κ1) is 30.9. The molecule has 0 spiro atoms. The van der Waals surface area contributed by atoms with Crippen molar-refractivity contribution in [3.8, 4) is 0 Å². The molecule has 236 valence electrons. The van der Waals surface area contributed by atoms with Gasteiger partial charge < -0.3 is 25.5 Å². The lowest BCUT2D eigenvalue weighted by Crippen LogP contribution is -2.71. The molecule has 1 aromatic carbocycles. The fourth-order valence-corrected chi connectivity index (χ4v) is 8.40. The number of nitrogens with one attached hydrogen (secondary N) is 3. The second-order valence-corrected chi connectivity index (χ2v) is 13.4. The Balaban J connectivity index is 1.25. The summed E-state index contributed by atoms with van der Waals surface area (Å²) in [6, 6.07) is 4.55. The predicted octanol–water partition coefficient (Wildman–Crippen LogP) is 1.44. The highest BCUT2D eigenvalue weighted by Gasteiger charge is 2.55. The van der Waals surface area contributed by atoms with Gasteiger partial charge in [0, 0.05) is 37.8 Å². The number of hydrogen-bond donors (Lipinski definition) is 4. The summed E-state index contributed by atoms with van der Waals surface area (Å²) in [6.45, 7) is 0.384. The summed E-state index contributed by atoms with van der Waals surface area (Å²) in [5, 5.41) is 21.9. The highest BCUT2D eigenvalue weighted by molar-refractivity contribution is 8.21. The minimum atomic E-state index is -1.37. The quantitative estimate of drug-likeness (QED) is 0.169. The standard InChI is InChI=1S/C27H28N8O7S3/c1-32-11-18(45-31-32)43-13-16-14-44-24-19(23(37)34(24)21(16)25(38)39)29-22(36)20(15-5-3-2-4-6-15)35(30-17-7-10-42-12-17)27(41)33-9-8-28-26(33)40/h2-7,10-11,19-20,24,31H,8-9,12-14H2,1H3,(H,28,40)(H,29,36)(H,38,39)/t19?,20?,24-/m0/s1. The van der Waals surface area contributed by atoms with Crippen molar-refractivity contribution in [1.29, 1.82) is 0 Å². The molecule has 3 atom stereocenters. The fraction of sp³-hybridized carbons (Fsp3) is 0.333. The molecule has 2 saturated heterocycles. The van der Waals surface area contributed by atoms with Crippen molar-refractivity contribution in [3.63, 3.8) is 0 Å². The highest BCUT2D eigenvalue weighted by atomic mass is 32.2. The van der Waals surface area contributed by atoms with E-state index in [0.29, 0.717) is 28.4 Å². The predicted molar refractivity (Wildman–Crippen MR) is 168 cm³/mol. The van der Waals surface area contributed by atoms with Crippen LogP contribution in [-0.2, 0) is 19.1 Å². The number of rotatable bonds is 9. The lowest BCUT2D eigenvalue weighted by Gasteiger charge is -2.49. The average molecular weight is 673 g/mol. The van der Waals surface area contributed by atoms with Crippen molar-refractivity contribution in [2.75, 3.05) is 38.2 Å². The Labute approximate surface area is 270 Å². The number of β-lactam (4-membered cyclic amide) rings is 1. The molecular formula is C27H28N8O7S3. The van der Waals surface area contributed by atoms with Crippen molar-refractivity contribution in [1.82, 2.24) is 35.3 Å². The number of amides is 6. The number of hydrogen-bond acceptors (Lipinski definition) is 12. The van der Waals surface area contributed by atoms with E-state index in [1.807, 2.05) is 13.2 Å². The van der Waals surface area contributed by atoms with Crippen LogP contribution in [0.1, 0.15) is 11.6 Å². The Morgan fingerprint density at radius 2 is 2.07 bits per heavy atom. The third-order valence-electron chi connectivity index (χ3n) is 7.24. The maximum Gasteiger partial charge on any atom is 0.352 e. The Morgan fingerprint density at radius 1 is 1.27 bits per heavy atom. The van der Waals surface area contributed by atoms with Crippen LogP contribution in [0.5, 0.6) is 0 Å². The van der Waals surface area contributed by atoms with Gasteiger partial charge in [0.2, 0.25) is 5.91 Å². The Kier molecular flexibility index (Phi) is 8.97. The number of ether oxygens (including phenoxy) is 1. The van der Waals surface area contributed by atoms with Crippen LogP contribution in [0, 0.1) is 0 Å². The summed E-state index contributed by atoms with van der Waals surface area (Å²) in [7, 11) is 1.85. The van der Waals surface area contributed by atoms with Gasteiger partial charge in [-0.1, -0.05) is 30.3 Å². The van der Waals surface area contributed by atoms with Crippen LogP contribution in [0.4, 0.5) is 9.59 Å². The van der Waals surface area contributed by atoms with Crippen molar-refractivity contribution < 1.29 is 33.8 Å². The molecule has 2 fully saturated rings. The maximum absolute atomic E-state index is 14.1. The molecule has 0 bridgehead atoms. The first-order valence-electron chi connectivity index (χ1n) is 13.7. The number of hydrazine groups is 1. The summed E-state index contributed by atoms with van der Waals surface area (Å²) >= 11 is 4.24. The summed E-state index contributed by atoms with van der Waals surface area (Å²) in [5.74, 6) is -1.77. The van der Waals surface area contributed by atoms with Gasteiger partial charge in [0.25, 0.3) is 5.91 Å². The second kappa shape index (κ2) is 13.1. The molecular weight excluding hydrogens is 645 g/mol. The number of fused-ring (bicyclic) bond motifs is 1. The topological polar surface area (TPSA) is 176 Å². The summed E-state index contributed by atoms with van der Waals surface area (Å²) in [6.07, 6.45) is 4.84. The fourth-order valence-electron chi connectivity index (χ4n) is 5.12. The summed E-state index contributed by atoms with van der Waals surface area (Å²) < 4.78 is 6.19. The van der Waals surface area contributed by atoms with Crippen molar-refractivity contribution in [2.24, 2.45) is 5.10 Å². The van der Waals surface area contributed by atoms with Crippen LogP contribution in [0.2, 0.25) is 0 Å². The van der Waals surface area contributed by atoms with Gasteiger partial charge in [-0.05, 0) is 29.2 Å². The van der Waals surface area contributed by atoms with Gasteiger partial charge in [0.1, 0.15) is 29.4 Å². The molecule has 5 aliphatic rings. The van der Waals surface area contributed by atoms with Crippen LogP contribution < -0.4 is 15.5 Å². The molecule has 0 aromatic heterocycles. The number of benzene rings is 1. The number of hydrazone groups is 1. The van der Waals surface area contributed by atoms with E-state index in [1.165, 1.54) is 46.6 Å². The van der Waals surface area contributed by atoms with E-state index in [9.17, 15) is 29.1 Å². The van der Waals surface area contributed by atoms with Gasteiger partial charge in [0.15, 0.2) is 6.04 Å². The number of carbonyl (C=O) groups is 5. The molecule has 2 unspecified atom stereocenters. The van der Waals surface area contributed by atoms with Crippen LogP contribution in [-0.4, -0.2) is 110 Å². The Hall–Kier alpha value is -4.13. The number of imide groups is 1. The third kappa shape index (κ3) is 6.22. The molecule has 5 aliphatic heterocycles. The SMILES string of the molecule is CN1C=C(SCC2=C(C(=O)O)N3C(=O)C(NC(=O)C(c4ccccc4)N(N=C4C=COC4)C(=O)N4CCNC4=O)[C@@H]3SC2)SN1. The number of thioether (sulfide) groups is 2. The number of nitrogens with zero attached hydrogens (tertiary/aromatic N) is 5. The Bertz CT molecular complexity index is 1550. The van der Waals surface area contributed by atoms with E-state index in [4.69, 9.17) is 4.74 Å². The van der Waals surface area contributed by atoms with E-state index >= 15 is 0 Å². The number of aliphatic carboxylic acids is 1.